The second-order valence-electron chi connectivity index (χ2n) is 7.92. The number of allylic oxidation sites excluding steroid dienone is 5. The highest BCUT2D eigenvalue weighted by molar-refractivity contribution is 6.13. The van der Waals surface area contributed by atoms with E-state index in [1.807, 2.05) is 19.1 Å². The van der Waals surface area contributed by atoms with Crippen molar-refractivity contribution in [2.24, 2.45) is 4.99 Å². The van der Waals surface area contributed by atoms with Gasteiger partial charge in [0.25, 0.3) is 0 Å². The predicted molar refractivity (Wildman–Crippen MR) is 131 cm³/mol. The Morgan fingerprint density at radius 2 is 2.03 bits per heavy atom. The molecule has 1 saturated carbocycles. The van der Waals surface area contributed by atoms with Crippen molar-refractivity contribution in [3.63, 3.8) is 0 Å². The SMILES string of the molecule is C=CN\C=C/C(=C\C(CC)c1cccc(F)c1)C(=N/C(=C)NC1CCCCC1)/C(F)=C\C. The first-order valence-electron chi connectivity index (χ1n) is 11.4. The van der Waals surface area contributed by atoms with E-state index in [2.05, 4.69) is 28.8 Å². The number of aliphatic imine (C=N–C) groups is 1. The molecule has 32 heavy (non-hydrogen) atoms. The topological polar surface area (TPSA) is 36.4 Å². The maximum atomic E-state index is 15.0. The Kier molecular flexibility index (Phi) is 10.6. The molecule has 1 fully saturated rings. The summed E-state index contributed by atoms with van der Waals surface area (Å²) in [6.07, 6.45) is 14.7. The first-order valence-corrected chi connectivity index (χ1v) is 11.4. The lowest BCUT2D eigenvalue weighted by atomic mass is 9.92. The molecule has 2 N–H and O–H groups in total. The van der Waals surface area contributed by atoms with Crippen LogP contribution in [0.25, 0.3) is 0 Å². The van der Waals surface area contributed by atoms with Gasteiger partial charge in [-0.25, -0.2) is 13.8 Å². The van der Waals surface area contributed by atoms with Gasteiger partial charge in [-0.1, -0.05) is 57.6 Å². The molecule has 3 nitrogen and oxygen atoms in total. The third kappa shape index (κ3) is 7.95. The Morgan fingerprint density at radius 1 is 1.28 bits per heavy atom. The lowest BCUT2D eigenvalue weighted by Gasteiger charge is -2.23. The van der Waals surface area contributed by atoms with Crippen LogP contribution in [0.4, 0.5) is 8.78 Å². The van der Waals surface area contributed by atoms with Gasteiger partial charge in [0.2, 0.25) is 0 Å². The smallest absolute Gasteiger partial charge is 0.145 e. The van der Waals surface area contributed by atoms with Crippen molar-refractivity contribution in [3.05, 3.63) is 96.7 Å². The fraction of sp³-hybridized carbons (Fsp3) is 0.370. The van der Waals surface area contributed by atoms with Crippen LogP contribution in [-0.2, 0) is 0 Å². The molecule has 1 unspecified atom stereocenters. The maximum absolute atomic E-state index is 15.0. The van der Waals surface area contributed by atoms with Gasteiger partial charge < -0.3 is 10.6 Å². The van der Waals surface area contributed by atoms with Crippen LogP contribution in [0, 0.1) is 5.82 Å². The normalized spacial score (nSPS) is 17.3. The van der Waals surface area contributed by atoms with Crippen LogP contribution in [0.1, 0.15) is 63.9 Å². The zero-order valence-electron chi connectivity index (χ0n) is 19.2. The van der Waals surface area contributed by atoms with Gasteiger partial charge in [0.15, 0.2) is 0 Å². The number of hydrogen-bond donors (Lipinski definition) is 2. The second-order valence-corrected chi connectivity index (χ2v) is 7.92. The lowest BCUT2D eigenvalue weighted by molar-refractivity contribution is 0.396. The highest BCUT2D eigenvalue weighted by atomic mass is 19.1. The standard InChI is InChI=1S/C27H35F2N3/c1-5-21(22-12-11-13-24(28)19-22)18-23(16-17-30-7-3)27(26(29)6-2)32-20(4)31-25-14-9-8-10-15-25/h6-7,11-13,16-19,21,25,30-31H,3-5,8-10,14-15H2,1-2H3/b17-16-,23-18+,26-6+,32-27-. The molecule has 172 valence electrons. The Balaban J connectivity index is 2.44. The number of hydrogen-bond acceptors (Lipinski definition) is 3. The van der Waals surface area contributed by atoms with Crippen molar-refractivity contribution in [3.8, 4) is 0 Å². The molecule has 1 atom stereocenters. The zero-order valence-corrected chi connectivity index (χ0v) is 19.2. The Labute approximate surface area is 191 Å². The van der Waals surface area contributed by atoms with E-state index in [9.17, 15) is 4.39 Å². The molecule has 1 aliphatic carbocycles. The van der Waals surface area contributed by atoms with Crippen molar-refractivity contribution in [2.45, 2.75) is 64.3 Å². The number of nitrogens with one attached hydrogen (secondary N) is 2. The van der Waals surface area contributed by atoms with Crippen molar-refractivity contribution in [1.29, 1.82) is 0 Å². The van der Waals surface area contributed by atoms with Crippen LogP contribution < -0.4 is 10.6 Å². The molecule has 0 bridgehead atoms. The quantitative estimate of drug-likeness (QED) is 0.282. The minimum Gasteiger partial charge on any atom is -0.368 e. The molecule has 1 aliphatic rings. The summed E-state index contributed by atoms with van der Waals surface area (Å²) in [7, 11) is 0. The summed E-state index contributed by atoms with van der Waals surface area (Å²) >= 11 is 0. The summed E-state index contributed by atoms with van der Waals surface area (Å²) in [6, 6.07) is 6.82. The van der Waals surface area contributed by atoms with Gasteiger partial charge in [0.1, 0.15) is 23.2 Å². The van der Waals surface area contributed by atoms with Crippen molar-refractivity contribution in [2.75, 3.05) is 0 Å². The minimum atomic E-state index is -0.444. The average molecular weight is 440 g/mol. The molecule has 1 aromatic rings. The molecule has 5 heteroatoms. The van der Waals surface area contributed by atoms with Crippen molar-refractivity contribution in [1.82, 2.24) is 10.6 Å². The number of rotatable bonds is 11. The predicted octanol–water partition coefficient (Wildman–Crippen LogP) is 7.20. The Morgan fingerprint density at radius 3 is 2.66 bits per heavy atom. The zero-order chi connectivity index (χ0) is 23.3. The lowest BCUT2D eigenvalue weighted by Crippen LogP contribution is -2.29. The third-order valence-electron chi connectivity index (χ3n) is 5.55. The molecule has 2 rings (SSSR count). The number of halogens is 2. The summed E-state index contributed by atoms with van der Waals surface area (Å²) in [5.74, 6) is -0.402. The van der Waals surface area contributed by atoms with E-state index >= 15 is 4.39 Å². The molecular formula is C27H35F2N3. The highest BCUT2D eigenvalue weighted by Gasteiger charge is 2.17. The van der Waals surface area contributed by atoms with Crippen LogP contribution in [0.2, 0.25) is 0 Å². The van der Waals surface area contributed by atoms with Crippen LogP contribution in [0.5, 0.6) is 0 Å². The van der Waals surface area contributed by atoms with E-state index in [-0.39, 0.29) is 17.4 Å². The monoisotopic (exact) mass is 439 g/mol. The first kappa shape index (κ1) is 25.3. The van der Waals surface area contributed by atoms with Gasteiger partial charge in [-0.05, 0) is 62.2 Å². The maximum Gasteiger partial charge on any atom is 0.145 e. The molecular weight excluding hydrogens is 404 g/mol. The van der Waals surface area contributed by atoms with Crippen LogP contribution in [0.3, 0.4) is 0 Å². The highest BCUT2D eigenvalue weighted by Crippen LogP contribution is 2.26. The van der Waals surface area contributed by atoms with E-state index < -0.39 is 5.83 Å². The molecule has 0 aliphatic heterocycles. The van der Waals surface area contributed by atoms with Crippen molar-refractivity contribution < 1.29 is 8.78 Å². The summed E-state index contributed by atoms with van der Waals surface area (Å²) in [5, 5.41) is 6.25. The minimum absolute atomic E-state index is 0.108. The third-order valence-corrected chi connectivity index (χ3v) is 5.55. The molecule has 0 spiro atoms. The van der Waals surface area contributed by atoms with Gasteiger partial charge in [0.05, 0.1) is 0 Å². The van der Waals surface area contributed by atoms with Crippen LogP contribution in [-0.4, -0.2) is 11.8 Å². The molecule has 0 heterocycles. The summed E-state index contributed by atoms with van der Waals surface area (Å²) in [4.78, 5) is 4.54. The van der Waals surface area contributed by atoms with E-state index in [4.69, 9.17) is 0 Å². The van der Waals surface area contributed by atoms with Gasteiger partial charge >= 0.3 is 0 Å². The van der Waals surface area contributed by atoms with Gasteiger partial charge in [-0.3, -0.25) is 0 Å². The number of benzene rings is 1. The van der Waals surface area contributed by atoms with Crippen LogP contribution in [0.15, 0.2) is 90.3 Å². The fourth-order valence-corrected chi connectivity index (χ4v) is 3.87. The molecule has 0 radical (unpaired) electrons. The molecule has 0 amide bonds. The average Bonchev–Trinajstić information content (AvgIpc) is 2.80. The van der Waals surface area contributed by atoms with Gasteiger partial charge in [-0.2, -0.15) is 0 Å². The largest absolute Gasteiger partial charge is 0.368 e. The summed E-state index contributed by atoms with van der Waals surface area (Å²) < 4.78 is 28.8. The molecule has 0 saturated heterocycles. The fourth-order valence-electron chi connectivity index (χ4n) is 3.87. The van der Waals surface area contributed by atoms with Gasteiger partial charge in [-0.15, -0.1) is 0 Å². The molecule has 0 aromatic heterocycles. The second kappa shape index (κ2) is 13.5. The van der Waals surface area contributed by atoms with E-state index in [1.165, 1.54) is 43.7 Å². The summed E-state index contributed by atoms with van der Waals surface area (Å²) in [5.41, 5.74) is 1.60. The van der Waals surface area contributed by atoms with E-state index in [0.717, 1.165) is 24.8 Å². The first-order chi connectivity index (χ1) is 15.5. The van der Waals surface area contributed by atoms with Crippen LogP contribution >= 0.6 is 0 Å². The van der Waals surface area contributed by atoms with E-state index in [0.29, 0.717) is 17.4 Å². The van der Waals surface area contributed by atoms with E-state index in [1.54, 1.807) is 25.3 Å². The Hall–Kier alpha value is -2.95. The number of nitrogens with zero attached hydrogens (tertiary/aromatic N) is 1. The Bertz CT molecular complexity index is 890. The summed E-state index contributed by atoms with van der Waals surface area (Å²) in [6.45, 7) is 11.3. The van der Waals surface area contributed by atoms with Gasteiger partial charge in [0, 0.05) is 23.7 Å². The molecule has 1 aromatic carbocycles. The van der Waals surface area contributed by atoms with Crippen molar-refractivity contribution >= 4 is 5.71 Å².